The molecule has 0 aromatic heterocycles. The van der Waals surface area contributed by atoms with Gasteiger partial charge < -0.3 is 14.8 Å². The van der Waals surface area contributed by atoms with Crippen molar-refractivity contribution in [1.29, 1.82) is 0 Å². The summed E-state index contributed by atoms with van der Waals surface area (Å²) in [7, 11) is 0. The third-order valence-electron chi connectivity index (χ3n) is 2.20. The van der Waals surface area contributed by atoms with Crippen molar-refractivity contribution in [1.82, 2.24) is 5.32 Å². The van der Waals surface area contributed by atoms with E-state index >= 15 is 0 Å². The number of halogens is 3. The molecule has 0 radical (unpaired) electrons. The van der Waals surface area contributed by atoms with E-state index in [1.807, 2.05) is 0 Å². The van der Waals surface area contributed by atoms with E-state index in [1.165, 1.54) is 6.92 Å². The molecule has 0 aliphatic carbocycles. The number of hydrogen-bond acceptors (Lipinski definition) is 3. The normalized spacial score (nSPS) is 25.2. The fraction of sp³-hybridized carbons (Fsp3) is 1.00. The first-order valence-corrected chi connectivity index (χ1v) is 4.97. The highest BCUT2D eigenvalue weighted by Gasteiger charge is 2.30. The molecule has 1 fully saturated rings. The predicted molar refractivity (Wildman–Crippen MR) is 48.4 cm³/mol. The van der Waals surface area contributed by atoms with E-state index in [0.717, 1.165) is 6.42 Å². The Kier molecular flexibility index (Phi) is 4.82. The van der Waals surface area contributed by atoms with E-state index in [-0.39, 0.29) is 12.9 Å². The van der Waals surface area contributed by atoms with Gasteiger partial charge in [-0.05, 0) is 13.3 Å². The summed E-state index contributed by atoms with van der Waals surface area (Å²) >= 11 is 0. The summed E-state index contributed by atoms with van der Waals surface area (Å²) in [5.41, 5.74) is 0. The third kappa shape index (κ3) is 5.96. The molecule has 0 spiro atoms. The van der Waals surface area contributed by atoms with Gasteiger partial charge >= 0.3 is 6.18 Å². The minimum atomic E-state index is -4.11. The molecule has 1 aliphatic rings. The Labute approximate surface area is 86.9 Å². The molecule has 1 saturated heterocycles. The van der Waals surface area contributed by atoms with Crippen molar-refractivity contribution in [2.75, 3.05) is 19.9 Å². The molecular formula is C9H16F3NO2. The quantitative estimate of drug-likeness (QED) is 0.792. The van der Waals surface area contributed by atoms with E-state index < -0.39 is 18.6 Å². The molecule has 0 aromatic carbocycles. The first kappa shape index (κ1) is 12.7. The van der Waals surface area contributed by atoms with Crippen molar-refractivity contribution >= 4 is 0 Å². The van der Waals surface area contributed by atoms with Crippen molar-refractivity contribution in [2.45, 2.75) is 38.1 Å². The average Bonchev–Trinajstić information content (AvgIpc) is 2.14. The topological polar surface area (TPSA) is 30.5 Å². The largest absolute Gasteiger partial charge is 0.390 e. The van der Waals surface area contributed by atoms with Gasteiger partial charge in [0.15, 0.2) is 0 Å². The second kappa shape index (κ2) is 5.67. The van der Waals surface area contributed by atoms with Gasteiger partial charge in [0, 0.05) is 12.6 Å². The first-order chi connectivity index (χ1) is 6.97. The summed E-state index contributed by atoms with van der Waals surface area (Å²) in [5.74, 6) is 0. The molecule has 90 valence electrons. The monoisotopic (exact) mass is 227 g/mol. The van der Waals surface area contributed by atoms with Crippen LogP contribution >= 0.6 is 0 Å². The smallest absolute Gasteiger partial charge is 0.355 e. The van der Waals surface area contributed by atoms with Crippen LogP contribution in [0.25, 0.3) is 0 Å². The van der Waals surface area contributed by atoms with Gasteiger partial charge in [0.25, 0.3) is 0 Å². The molecule has 0 aromatic rings. The zero-order chi connectivity index (χ0) is 11.3. The van der Waals surface area contributed by atoms with Crippen LogP contribution in [0.3, 0.4) is 0 Å². The Bertz CT molecular complexity index is 181. The molecule has 6 heteroatoms. The maximum Gasteiger partial charge on any atom is 0.390 e. The van der Waals surface area contributed by atoms with Crippen molar-refractivity contribution < 1.29 is 22.6 Å². The third-order valence-corrected chi connectivity index (χ3v) is 2.20. The Morgan fingerprint density at radius 1 is 1.47 bits per heavy atom. The lowest BCUT2D eigenvalue weighted by atomic mass is 10.2. The van der Waals surface area contributed by atoms with Crippen LogP contribution in [0.4, 0.5) is 13.2 Å². The number of rotatable bonds is 4. The molecular weight excluding hydrogens is 211 g/mol. The standard InChI is InChI=1S/C9H16F3NO2/c1-7(4-9(10,11)12)13-5-8-2-3-14-6-15-8/h7-8,13H,2-6H2,1H3. The highest BCUT2D eigenvalue weighted by molar-refractivity contribution is 4.70. The summed E-state index contributed by atoms with van der Waals surface area (Å²) in [6.45, 7) is 2.81. The van der Waals surface area contributed by atoms with Gasteiger partial charge in [-0.2, -0.15) is 13.2 Å². The molecule has 1 aliphatic heterocycles. The lowest BCUT2D eigenvalue weighted by Gasteiger charge is -2.25. The van der Waals surface area contributed by atoms with Crippen LogP contribution in [-0.2, 0) is 9.47 Å². The molecule has 2 unspecified atom stereocenters. The summed E-state index contributed by atoms with van der Waals surface area (Å²) < 4.78 is 46.1. The lowest BCUT2D eigenvalue weighted by Crippen LogP contribution is -2.39. The zero-order valence-corrected chi connectivity index (χ0v) is 8.64. The first-order valence-electron chi connectivity index (χ1n) is 4.97. The van der Waals surface area contributed by atoms with Crippen molar-refractivity contribution in [3.05, 3.63) is 0 Å². The molecule has 2 atom stereocenters. The number of hydrogen-bond donors (Lipinski definition) is 1. The molecule has 1 N–H and O–H groups in total. The van der Waals surface area contributed by atoms with Crippen LogP contribution in [0.1, 0.15) is 19.8 Å². The molecule has 0 saturated carbocycles. The van der Waals surface area contributed by atoms with Crippen molar-refractivity contribution in [3.8, 4) is 0 Å². The Hall–Kier alpha value is -0.330. The van der Waals surface area contributed by atoms with Gasteiger partial charge in [-0.1, -0.05) is 0 Å². The summed E-state index contributed by atoms with van der Waals surface area (Å²) in [4.78, 5) is 0. The van der Waals surface area contributed by atoms with E-state index in [2.05, 4.69) is 5.32 Å². The molecule has 3 nitrogen and oxygen atoms in total. The van der Waals surface area contributed by atoms with E-state index in [9.17, 15) is 13.2 Å². The van der Waals surface area contributed by atoms with Gasteiger partial charge in [-0.3, -0.25) is 0 Å². The average molecular weight is 227 g/mol. The molecule has 0 amide bonds. The van der Waals surface area contributed by atoms with Crippen molar-refractivity contribution in [2.24, 2.45) is 0 Å². The van der Waals surface area contributed by atoms with Gasteiger partial charge in [-0.15, -0.1) is 0 Å². The van der Waals surface area contributed by atoms with E-state index in [0.29, 0.717) is 13.2 Å². The Balaban J connectivity index is 2.12. The maximum atomic E-state index is 12.0. The molecule has 15 heavy (non-hydrogen) atoms. The molecule has 1 rings (SSSR count). The van der Waals surface area contributed by atoms with Crippen molar-refractivity contribution in [3.63, 3.8) is 0 Å². The van der Waals surface area contributed by atoms with Crippen LogP contribution in [0.15, 0.2) is 0 Å². The van der Waals surface area contributed by atoms with E-state index in [1.54, 1.807) is 0 Å². The highest BCUT2D eigenvalue weighted by Crippen LogP contribution is 2.21. The minimum Gasteiger partial charge on any atom is -0.355 e. The second-order valence-electron chi connectivity index (χ2n) is 3.73. The number of ether oxygens (including phenoxy) is 2. The summed E-state index contributed by atoms with van der Waals surface area (Å²) in [6, 6.07) is -0.573. The number of nitrogens with one attached hydrogen (secondary N) is 1. The second-order valence-corrected chi connectivity index (χ2v) is 3.73. The van der Waals surface area contributed by atoms with Crippen LogP contribution < -0.4 is 5.32 Å². The minimum absolute atomic E-state index is 0.0329. The van der Waals surface area contributed by atoms with E-state index in [4.69, 9.17) is 9.47 Å². The fourth-order valence-corrected chi connectivity index (χ4v) is 1.41. The highest BCUT2D eigenvalue weighted by atomic mass is 19.4. The van der Waals surface area contributed by atoms with Gasteiger partial charge in [0.2, 0.25) is 0 Å². The summed E-state index contributed by atoms with van der Waals surface area (Å²) in [5, 5.41) is 2.81. The van der Waals surface area contributed by atoms with Crippen LogP contribution in [0, 0.1) is 0 Å². The Morgan fingerprint density at radius 3 is 2.73 bits per heavy atom. The summed E-state index contributed by atoms with van der Waals surface area (Å²) in [6.07, 6.45) is -4.22. The fourth-order valence-electron chi connectivity index (χ4n) is 1.41. The maximum absolute atomic E-state index is 12.0. The van der Waals surface area contributed by atoms with Crippen LogP contribution in [-0.4, -0.2) is 38.3 Å². The Morgan fingerprint density at radius 2 is 2.20 bits per heavy atom. The van der Waals surface area contributed by atoms with Gasteiger partial charge in [-0.25, -0.2) is 0 Å². The lowest BCUT2D eigenvalue weighted by molar-refractivity contribution is -0.146. The van der Waals surface area contributed by atoms with Gasteiger partial charge in [0.05, 0.1) is 19.1 Å². The van der Waals surface area contributed by atoms with Crippen LogP contribution in [0.2, 0.25) is 0 Å². The number of alkyl halides is 3. The predicted octanol–water partition coefficient (Wildman–Crippen LogP) is 1.68. The zero-order valence-electron chi connectivity index (χ0n) is 8.64. The molecule has 0 bridgehead atoms. The SMILES string of the molecule is CC(CC(F)(F)F)NCC1CCOCO1. The van der Waals surface area contributed by atoms with Gasteiger partial charge in [0.1, 0.15) is 6.79 Å². The molecule has 1 heterocycles. The van der Waals surface area contributed by atoms with Crippen LogP contribution in [0.5, 0.6) is 0 Å².